The number of hydrogen-bond donors (Lipinski definition) is 0. The highest BCUT2D eigenvalue weighted by molar-refractivity contribution is 7.12. The van der Waals surface area contributed by atoms with E-state index in [4.69, 9.17) is 0 Å². The van der Waals surface area contributed by atoms with Gasteiger partial charge in [-0.2, -0.15) is 13.2 Å². The Morgan fingerprint density at radius 3 is 2.10 bits per heavy atom. The number of para-hydroxylation sites is 1. The van der Waals surface area contributed by atoms with Crippen LogP contribution in [0.1, 0.15) is 53.0 Å². The molecule has 7 rings (SSSR count). The van der Waals surface area contributed by atoms with E-state index in [9.17, 15) is 27.6 Å². The Balaban J connectivity index is 1.53. The third-order valence-corrected chi connectivity index (χ3v) is 9.23. The summed E-state index contributed by atoms with van der Waals surface area (Å²) in [5, 5.41) is 1.77. The Morgan fingerprint density at radius 2 is 1.48 bits per heavy atom. The fourth-order valence-corrected chi connectivity index (χ4v) is 7.43. The van der Waals surface area contributed by atoms with Crippen molar-refractivity contribution in [2.24, 2.45) is 5.41 Å². The molecule has 1 aliphatic carbocycles. The zero-order valence-electron chi connectivity index (χ0n) is 20.8. The van der Waals surface area contributed by atoms with Crippen LogP contribution in [0.4, 0.5) is 18.9 Å². The van der Waals surface area contributed by atoms with Crippen molar-refractivity contribution in [3.05, 3.63) is 129 Å². The number of nitrogens with zero attached hydrogens (tertiary/aromatic N) is 1. The van der Waals surface area contributed by atoms with Crippen molar-refractivity contribution < 1.29 is 27.6 Å². The highest BCUT2D eigenvalue weighted by Gasteiger charge is 2.71. The fraction of sp³-hybridized carbons (Fsp3) is 0.156. The maximum atomic E-state index is 14.5. The maximum Gasteiger partial charge on any atom is 0.416 e. The SMILES string of the molecule is O=C(c1cccs1)[C@@H]1[C@@H](c2ccc(C(F)(F)F)cc2)C2(C(=O)c3ccccc3C2=O)[C@@H]2C=Cc3ccccc3N12. The van der Waals surface area contributed by atoms with E-state index < -0.39 is 46.7 Å². The van der Waals surface area contributed by atoms with E-state index in [1.165, 1.54) is 23.5 Å². The molecule has 0 radical (unpaired) electrons. The topological polar surface area (TPSA) is 54.5 Å². The molecule has 2 aliphatic heterocycles. The van der Waals surface area contributed by atoms with E-state index in [-0.39, 0.29) is 16.9 Å². The summed E-state index contributed by atoms with van der Waals surface area (Å²) in [6, 6.07) is 20.1. The lowest BCUT2D eigenvalue weighted by Gasteiger charge is -2.37. The minimum atomic E-state index is -4.56. The normalized spacial score (nSPS) is 22.4. The van der Waals surface area contributed by atoms with Crippen LogP contribution in [0.2, 0.25) is 0 Å². The summed E-state index contributed by atoms with van der Waals surface area (Å²) < 4.78 is 40.5. The van der Waals surface area contributed by atoms with Gasteiger partial charge in [0.15, 0.2) is 17.3 Å². The van der Waals surface area contributed by atoms with Gasteiger partial charge in [-0.1, -0.05) is 72.8 Å². The molecule has 3 heterocycles. The molecule has 3 aromatic carbocycles. The largest absolute Gasteiger partial charge is 0.416 e. The molecule has 0 amide bonds. The predicted molar refractivity (Wildman–Crippen MR) is 146 cm³/mol. The van der Waals surface area contributed by atoms with Gasteiger partial charge >= 0.3 is 6.18 Å². The highest BCUT2D eigenvalue weighted by atomic mass is 32.1. The van der Waals surface area contributed by atoms with Crippen molar-refractivity contribution in [2.45, 2.75) is 24.2 Å². The number of anilines is 1. The van der Waals surface area contributed by atoms with Crippen LogP contribution in [-0.4, -0.2) is 29.4 Å². The Kier molecular flexibility index (Phi) is 5.31. The van der Waals surface area contributed by atoms with E-state index in [0.29, 0.717) is 16.1 Å². The predicted octanol–water partition coefficient (Wildman–Crippen LogP) is 7.08. The van der Waals surface area contributed by atoms with Crippen molar-refractivity contribution >= 4 is 40.4 Å². The highest BCUT2D eigenvalue weighted by Crippen LogP contribution is 2.61. The Hall–Kier alpha value is -4.30. The first kappa shape index (κ1) is 24.7. The van der Waals surface area contributed by atoms with Crippen molar-refractivity contribution in [3.8, 4) is 0 Å². The maximum absolute atomic E-state index is 14.5. The number of rotatable bonds is 3. The second-order valence-electron chi connectivity index (χ2n) is 10.2. The van der Waals surface area contributed by atoms with Crippen LogP contribution in [0, 0.1) is 5.41 Å². The van der Waals surface area contributed by atoms with Crippen LogP contribution in [0.15, 0.2) is 96.4 Å². The van der Waals surface area contributed by atoms with Gasteiger partial charge in [0, 0.05) is 22.7 Å². The quantitative estimate of drug-likeness (QED) is 0.200. The average Bonchev–Trinajstić information content (AvgIpc) is 3.66. The van der Waals surface area contributed by atoms with E-state index >= 15 is 0 Å². The second kappa shape index (κ2) is 8.60. The second-order valence-corrected chi connectivity index (χ2v) is 11.2. The molecule has 40 heavy (non-hydrogen) atoms. The summed E-state index contributed by atoms with van der Waals surface area (Å²) in [4.78, 5) is 45.6. The molecular formula is C32H20F3NO3S. The fourth-order valence-electron chi connectivity index (χ4n) is 6.73. The van der Waals surface area contributed by atoms with Crippen molar-refractivity contribution in [1.29, 1.82) is 0 Å². The minimum Gasteiger partial charge on any atom is -0.352 e. The van der Waals surface area contributed by atoms with Gasteiger partial charge in [-0.05, 0) is 40.8 Å². The monoisotopic (exact) mass is 555 g/mol. The zero-order chi connectivity index (χ0) is 27.8. The number of fused-ring (bicyclic) bond motifs is 5. The van der Waals surface area contributed by atoms with Gasteiger partial charge in [-0.3, -0.25) is 14.4 Å². The lowest BCUT2D eigenvalue weighted by molar-refractivity contribution is -0.137. The Bertz CT molecular complexity index is 1690. The summed E-state index contributed by atoms with van der Waals surface area (Å²) in [7, 11) is 0. The number of Topliss-reactive ketones (excluding diaryl/α,β-unsaturated/α-hetero) is 3. The van der Waals surface area contributed by atoms with Crippen LogP contribution in [0.3, 0.4) is 0 Å². The minimum absolute atomic E-state index is 0.265. The summed E-state index contributed by atoms with van der Waals surface area (Å²) in [5.41, 5.74) is -0.221. The number of thiophene rings is 1. The van der Waals surface area contributed by atoms with Gasteiger partial charge < -0.3 is 4.90 Å². The first-order valence-corrected chi connectivity index (χ1v) is 13.6. The molecule has 1 fully saturated rings. The molecule has 3 atom stereocenters. The number of ketones is 3. The lowest BCUT2D eigenvalue weighted by atomic mass is 9.64. The number of carbonyl (C=O) groups is 3. The number of carbonyl (C=O) groups excluding carboxylic acids is 3. The molecule has 0 N–H and O–H groups in total. The van der Waals surface area contributed by atoms with E-state index in [1.807, 2.05) is 35.2 Å². The number of halogens is 3. The van der Waals surface area contributed by atoms with Gasteiger partial charge in [-0.15, -0.1) is 11.3 Å². The molecule has 8 heteroatoms. The summed E-state index contributed by atoms with van der Waals surface area (Å²) >= 11 is 1.25. The summed E-state index contributed by atoms with van der Waals surface area (Å²) in [6.45, 7) is 0. The molecule has 4 aromatic rings. The van der Waals surface area contributed by atoms with Gasteiger partial charge in [0.05, 0.1) is 16.5 Å². The van der Waals surface area contributed by atoms with Crippen LogP contribution in [0.25, 0.3) is 6.08 Å². The number of hydrogen-bond acceptors (Lipinski definition) is 5. The van der Waals surface area contributed by atoms with Gasteiger partial charge in [-0.25, -0.2) is 0 Å². The van der Waals surface area contributed by atoms with Gasteiger partial charge in [0.1, 0.15) is 11.5 Å². The van der Waals surface area contributed by atoms with E-state index in [1.54, 1.807) is 47.9 Å². The third-order valence-electron chi connectivity index (χ3n) is 8.34. The molecule has 1 saturated heterocycles. The lowest BCUT2D eigenvalue weighted by Crippen LogP contribution is -2.48. The molecule has 1 spiro atoms. The first-order chi connectivity index (χ1) is 19.2. The van der Waals surface area contributed by atoms with E-state index in [2.05, 4.69) is 0 Å². The van der Waals surface area contributed by atoms with Crippen LogP contribution in [0.5, 0.6) is 0 Å². The molecule has 4 nitrogen and oxygen atoms in total. The molecule has 198 valence electrons. The average molecular weight is 556 g/mol. The third kappa shape index (κ3) is 3.23. The smallest absolute Gasteiger partial charge is 0.352 e. The van der Waals surface area contributed by atoms with Crippen molar-refractivity contribution in [2.75, 3.05) is 4.90 Å². The Labute approximate surface area is 231 Å². The van der Waals surface area contributed by atoms with Crippen LogP contribution >= 0.6 is 11.3 Å². The molecule has 3 aliphatic rings. The summed E-state index contributed by atoms with van der Waals surface area (Å²) in [5.74, 6) is -2.17. The van der Waals surface area contributed by atoms with Crippen LogP contribution < -0.4 is 4.90 Å². The molecule has 0 unspecified atom stereocenters. The van der Waals surface area contributed by atoms with Gasteiger partial charge in [0.2, 0.25) is 0 Å². The summed E-state index contributed by atoms with van der Waals surface area (Å²) in [6.07, 6.45) is -0.918. The first-order valence-electron chi connectivity index (χ1n) is 12.7. The Morgan fingerprint density at radius 1 is 0.825 bits per heavy atom. The van der Waals surface area contributed by atoms with Crippen LogP contribution in [-0.2, 0) is 6.18 Å². The number of benzene rings is 3. The number of alkyl halides is 3. The van der Waals surface area contributed by atoms with Gasteiger partial charge in [0.25, 0.3) is 0 Å². The van der Waals surface area contributed by atoms with E-state index in [0.717, 1.165) is 17.7 Å². The standard InChI is InChI=1S/C32H20F3NO3S/c33-32(34,35)20-14-11-19(12-15-20)26-27(28(37)24-10-5-17-40-24)36-23-9-4-1-6-18(23)13-16-25(36)31(26)29(38)21-7-2-3-8-22(21)30(31)39/h1-17,25-27H/t25-,26+,27-/m0/s1. The molecule has 0 bridgehead atoms. The van der Waals surface area contributed by atoms with Crippen molar-refractivity contribution in [1.82, 2.24) is 0 Å². The molecular weight excluding hydrogens is 535 g/mol. The zero-order valence-corrected chi connectivity index (χ0v) is 21.6. The molecule has 0 saturated carbocycles. The van der Waals surface area contributed by atoms with Crippen molar-refractivity contribution in [3.63, 3.8) is 0 Å². The molecule has 1 aromatic heterocycles.